The quantitative estimate of drug-likeness (QED) is 0.464. The number of esters is 1. The molecule has 0 heterocycles. The maximum Gasteiger partial charge on any atom is 0.347 e. The average Bonchev–Trinajstić information content (AvgIpc) is 2.84. The molecule has 1 N–H and O–H groups in total. The van der Waals surface area contributed by atoms with E-state index in [-0.39, 0.29) is 16.3 Å². The molecule has 0 spiro atoms. The maximum atomic E-state index is 13.0. The molecule has 0 aromatic heterocycles. The molecule has 34 heavy (non-hydrogen) atoms. The Morgan fingerprint density at radius 3 is 2.35 bits per heavy atom. The molecule has 3 aromatic rings. The van der Waals surface area contributed by atoms with Gasteiger partial charge in [0.2, 0.25) is 0 Å². The molecule has 0 saturated carbocycles. The molecule has 178 valence electrons. The Morgan fingerprint density at radius 2 is 1.68 bits per heavy atom. The van der Waals surface area contributed by atoms with E-state index in [2.05, 4.69) is 5.32 Å². The first-order valence-electron chi connectivity index (χ1n) is 10.2. The highest BCUT2D eigenvalue weighted by Crippen LogP contribution is 2.23. The number of para-hydroxylation sites is 1. The van der Waals surface area contributed by atoms with Gasteiger partial charge in [0, 0.05) is 12.7 Å². The predicted molar refractivity (Wildman–Crippen MR) is 125 cm³/mol. The van der Waals surface area contributed by atoms with Gasteiger partial charge in [0.25, 0.3) is 15.9 Å². The third kappa shape index (κ3) is 6.32. The van der Waals surface area contributed by atoms with Crippen molar-refractivity contribution in [2.45, 2.75) is 17.9 Å². The van der Waals surface area contributed by atoms with E-state index in [0.717, 1.165) is 4.31 Å². The van der Waals surface area contributed by atoms with Crippen LogP contribution >= 0.6 is 0 Å². The van der Waals surface area contributed by atoms with E-state index >= 15 is 0 Å². The number of nitrogens with zero attached hydrogens (tertiary/aromatic N) is 1. The summed E-state index contributed by atoms with van der Waals surface area (Å²) in [6, 6.07) is 19.4. The minimum atomic E-state index is -3.86. The smallest absolute Gasteiger partial charge is 0.347 e. The van der Waals surface area contributed by atoms with Gasteiger partial charge in [-0.25, -0.2) is 17.6 Å². The Hall–Kier alpha value is -3.92. The number of carbonyl (C=O) groups excluding carboxylic acids is 2. The van der Waals surface area contributed by atoms with E-state index in [1.165, 1.54) is 62.5 Å². The van der Waals surface area contributed by atoms with Gasteiger partial charge in [-0.15, -0.1) is 0 Å². The fourth-order valence-electron chi connectivity index (χ4n) is 2.89. The molecule has 3 aromatic carbocycles. The number of nitrogens with one attached hydrogen (secondary N) is 1. The summed E-state index contributed by atoms with van der Waals surface area (Å²) in [4.78, 5) is 24.3. The van der Waals surface area contributed by atoms with Crippen molar-refractivity contribution in [3.8, 4) is 5.75 Å². The maximum absolute atomic E-state index is 13.0. The van der Waals surface area contributed by atoms with Crippen molar-refractivity contribution < 1.29 is 31.9 Å². The third-order valence-corrected chi connectivity index (χ3v) is 6.48. The number of hydrogen-bond acceptors (Lipinski definition) is 6. The van der Waals surface area contributed by atoms with Crippen LogP contribution in [0, 0.1) is 5.82 Å². The van der Waals surface area contributed by atoms with Crippen molar-refractivity contribution in [1.29, 1.82) is 0 Å². The molecule has 1 atom stereocenters. The van der Waals surface area contributed by atoms with Gasteiger partial charge < -0.3 is 14.8 Å². The predicted octanol–water partition coefficient (Wildman–Crippen LogP) is 3.60. The lowest BCUT2D eigenvalue weighted by molar-refractivity contribution is -0.153. The lowest BCUT2D eigenvalue weighted by Crippen LogP contribution is -2.30. The van der Waals surface area contributed by atoms with Gasteiger partial charge in [-0.1, -0.05) is 24.3 Å². The average molecular weight is 487 g/mol. The Kier molecular flexibility index (Phi) is 7.85. The first-order chi connectivity index (χ1) is 16.2. The minimum Gasteiger partial charge on any atom is -0.479 e. The van der Waals surface area contributed by atoms with Crippen LogP contribution in [0.4, 0.5) is 15.8 Å². The number of halogens is 1. The molecule has 8 nitrogen and oxygen atoms in total. The summed E-state index contributed by atoms with van der Waals surface area (Å²) in [7, 11) is -2.43. The van der Waals surface area contributed by atoms with Crippen LogP contribution < -0.4 is 14.4 Å². The van der Waals surface area contributed by atoms with E-state index in [9.17, 15) is 22.4 Å². The number of carbonyl (C=O) groups is 2. The summed E-state index contributed by atoms with van der Waals surface area (Å²) in [6.07, 6.45) is -1.03. The summed E-state index contributed by atoms with van der Waals surface area (Å²) in [5.74, 6) is -1.62. The Morgan fingerprint density at radius 1 is 1.00 bits per heavy atom. The number of amides is 1. The first kappa shape index (κ1) is 24.7. The number of benzene rings is 3. The monoisotopic (exact) mass is 486 g/mol. The summed E-state index contributed by atoms with van der Waals surface area (Å²) >= 11 is 0. The zero-order valence-electron chi connectivity index (χ0n) is 18.5. The molecule has 0 fully saturated rings. The number of anilines is 2. The van der Waals surface area contributed by atoms with Crippen LogP contribution in [-0.2, 0) is 24.3 Å². The summed E-state index contributed by atoms with van der Waals surface area (Å²) in [5.41, 5.74) is 0.708. The van der Waals surface area contributed by atoms with E-state index < -0.39 is 40.4 Å². The molecule has 0 radical (unpaired) electrons. The number of sulfonamides is 1. The van der Waals surface area contributed by atoms with Crippen molar-refractivity contribution in [2.24, 2.45) is 0 Å². The van der Waals surface area contributed by atoms with Crippen LogP contribution in [0.1, 0.15) is 6.92 Å². The van der Waals surface area contributed by atoms with E-state index in [1.54, 1.807) is 30.3 Å². The lowest BCUT2D eigenvalue weighted by atomic mass is 10.3. The molecule has 0 unspecified atom stereocenters. The van der Waals surface area contributed by atoms with Crippen molar-refractivity contribution in [3.63, 3.8) is 0 Å². The number of hydrogen-bond donors (Lipinski definition) is 1. The van der Waals surface area contributed by atoms with Crippen LogP contribution in [0.3, 0.4) is 0 Å². The zero-order chi connectivity index (χ0) is 24.7. The van der Waals surface area contributed by atoms with Gasteiger partial charge in [-0.2, -0.15) is 0 Å². The van der Waals surface area contributed by atoms with Gasteiger partial charge in [0.15, 0.2) is 12.7 Å². The van der Waals surface area contributed by atoms with Crippen LogP contribution in [0.2, 0.25) is 0 Å². The minimum absolute atomic E-state index is 0.0185. The second kappa shape index (κ2) is 10.8. The molecule has 0 saturated heterocycles. The van der Waals surface area contributed by atoms with Crippen LogP contribution in [0.15, 0.2) is 83.8 Å². The summed E-state index contributed by atoms with van der Waals surface area (Å²) in [5, 5.41) is 2.50. The molecule has 0 aliphatic rings. The van der Waals surface area contributed by atoms with Gasteiger partial charge in [0.05, 0.1) is 10.6 Å². The highest BCUT2D eigenvalue weighted by Gasteiger charge is 2.22. The topological polar surface area (TPSA) is 102 Å². The fourth-order valence-corrected chi connectivity index (χ4v) is 4.13. The van der Waals surface area contributed by atoms with Gasteiger partial charge in [0.1, 0.15) is 11.6 Å². The summed E-state index contributed by atoms with van der Waals surface area (Å²) in [6.45, 7) is 0.831. The SMILES string of the molecule is C[C@@H](Oc1ccc(F)cc1)C(=O)OCC(=O)Nc1cccc(S(=O)(=O)N(C)c2ccccc2)c1. The largest absolute Gasteiger partial charge is 0.479 e. The second-order valence-corrected chi connectivity index (χ2v) is 9.18. The molecule has 3 rings (SSSR count). The first-order valence-corrected chi connectivity index (χ1v) is 11.6. The highest BCUT2D eigenvalue weighted by atomic mass is 32.2. The normalized spacial score (nSPS) is 11.9. The van der Waals surface area contributed by atoms with Crippen LogP contribution in [0.5, 0.6) is 5.75 Å². The van der Waals surface area contributed by atoms with Crippen molar-refractivity contribution in [3.05, 3.63) is 84.7 Å². The van der Waals surface area contributed by atoms with Gasteiger partial charge in [-0.05, 0) is 61.5 Å². The zero-order valence-corrected chi connectivity index (χ0v) is 19.3. The lowest BCUT2D eigenvalue weighted by Gasteiger charge is -2.20. The van der Waals surface area contributed by atoms with Crippen LogP contribution in [0.25, 0.3) is 0 Å². The molecule has 0 bridgehead atoms. The van der Waals surface area contributed by atoms with Gasteiger partial charge in [-0.3, -0.25) is 9.10 Å². The Bertz CT molecular complexity index is 1250. The summed E-state index contributed by atoms with van der Waals surface area (Å²) < 4.78 is 50.3. The Labute approximate surface area is 197 Å². The van der Waals surface area contributed by atoms with Gasteiger partial charge >= 0.3 is 5.97 Å². The van der Waals surface area contributed by atoms with Crippen molar-refractivity contribution >= 4 is 33.3 Å². The van der Waals surface area contributed by atoms with E-state index in [0.29, 0.717) is 5.69 Å². The molecule has 0 aliphatic carbocycles. The molecular weight excluding hydrogens is 463 g/mol. The standard InChI is InChI=1S/C24H23FN2O6S/c1-17(33-21-13-11-18(25)12-14-21)24(29)32-16-23(28)26-19-7-6-10-22(15-19)34(30,31)27(2)20-8-4-3-5-9-20/h3-15,17H,16H2,1-2H3,(H,26,28)/t17-/m1/s1. The number of rotatable bonds is 9. The van der Waals surface area contributed by atoms with E-state index in [4.69, 9.17) is 9.47 Å². The number of ether oxygens (including phenoxy) is 2. The van der Waals surface area contributed by atoms with Crippen LogP contribution in [-0.4, -0.2) is 40.1 Å². The van der Waals surface area contributed by atoms with Crippen molar-refractivity contribution in [2.75, 3.05) is 23.3 Å². The fraction of sp³-hybridized carbons (Fsp3) is 0.167. The molecular formula is C24H23FN2O6S. The van der Waals surface area contributed by atoms with Crippen molar-refractivity contribution in [1.82, 2.24) is 0 Å². The third-order valence-electron chi connectivity index (χ3n) is 4.70. The highest BCUT2D eigenvalue weighted by molar-refractivity contribution is 7.92. The molecule has 0 aliphatic heterocycles. The molecule has 1 amide bonds. The Balaban J connectivity index is 1.57. The van der Waals surface area contributed by atoms with E-state index in [1.807, 2.05) is 0 Å². The molecule has 10 heteroatoms. The second-order valence-electron chi connectivity index (χ2n) is 7.21.